The molecule has 94 valence electrons. The van der Waals surface area contributed by atoms with Gasteiger partial charge in [0, 0.05) is 0 Å². The quantitative estimate of drug-likeness (QED) is 0.279. The first kappa shape index (κ1) is 15.5. The van der Waals surface area contributed by atoms with E-state index >= 15 is 0 Å². The predicted molar refractivity (Wildman–Crippen MR) is 75.8 cm³/mol. The van der Waals surface area contributed by atoms with Crippen molar-refractivity contribution in [3.8, 4) is 0 Å². The van der Waals surface area contributed by atoms with E-state index in [1.165, 1.54) is 70.6 Å². The maximum absolute atomic E-state index is 3.73. The van der Waals surface area contributed by atoms with Crippen molar-refractivity contribution < 1.29 is 0 Å². The minimum Gasteiger partial charge on any atom is -0.103 e. The van der Waals surface area contributed by atoms with Gasteiger partial charge in [0.15, 0.2) is 0 Å². The third kappa shape index (κ3) is 13.5. The average Bonchev–Trinajstić information content (AvgIpc) is 2.31. The molecule has 0 amide bonds. The lowest BCUT2D eigenvalue weighted by Gasteiger charge is -1.97. The van der Waals surface area contributed by atoms with Gasteiger partial charge in [-0.3, -0.25) is 0 Å². The van der Waals surface area contributed by atoms with Gasteiger partial charge < -0.3 is 0 Å². The molecule has 0 saturated carbocycles. The summed E-state index contributed by atoms with van der Waals surface area (Å²) >= 11 is 0. The first-order valence-corrected chi connectivity index (χ1v) is 7.17. The maximum Gasteiger partial charge on any atom is -0.0351 e. The monoisotopic (exact) mass is 222 g/mol. The Bertz CT molecular complexity index is 155. The number of unbranched alkanes of at least 4 members (excludes halogenated alkanes) is 9. The largest absolute Gasteiger partial charge is 0.103 e. The van der Waals surface area contributed by atoms with E-state index in [9.17, 15) is 0 Å². The summed E-state index contributed by atoms with van der Waals surface area (Å²) in [5.41, 5.74) is 0. The normalized spacial score (nSPS) is 11.1. The second kappa shape index (κ2) is 14.5. The minimum absolute atomic E-state index is 1.17. The highest BCUT2D eigenvalue weighted by Gasteiger charge is 1.88. The molecule has 0 aromatic heterocycles. The molecule has 16 heavy (non-hydrogen) atoms. The Morgan fingerprint density at radius 1 is 0.688 bits per heavy atom. The second-order valence-electron chi connectivity index (χ2n) is 4.60. The van der Waals surface area contributed by atoms with E-state index < -0.39 is 0 Å². The third-order valence-electron chi connectivity index (χ3n) is 2.92. The highest BCUT2D eigenvalue weighted by Crippen LogP contribution is 2.08. The predicted octanol–water partition coefficient (Wildman–Crippen LogP) is 6.04. The summed E-state index contributed by atoms with van der Waals surface area (Å²) in [6.07, 6.45) is 21.5. The SMILES string of the molecule is C=CCCCC/C=C/CCCCCCCC. The molecule has 0 unspecified atom stereocenters. The molecule has 0 aliphatic carbocycles. The molecule has 0 aromatic rings. The summed E-state index contributed by atoms with van der Waals surface area (Å²) in [6, 6.07) is 0. The van der Waals surface area contributed by atoms with E-state index in [2.05, 4.69) is 25.7 Å². The molecule has 0 radical (unpaired) electrons. The van der Waals surface area contributed by atoms with Gasteiger partial charge in [-0.25, -0.2) is 0 Å². The van der Waals surface area contributed by atoms with Crippen LogP contribution < -0.4 is 0 Å². The number of allylic oxidation sites excluding steroid dienone is 3. The van der Waals surface area contributed by atoms with Crippen LogP contribution in [0.15, 0.2) is 24.8 Å². The zero-order valence-corrected chi connectivity index (χ0v) is 11.2. The van der Waals surface area contributed by atoms with Crippen molar-refractivity contribution in [2.24, 2.45) is 0 Å². The Kier molecular flexibility index (Phi) is 14.0. The van der Waals surface area contributed by atoms with Gasteiger partial charge in [-0.15, -0.1) is 6.58 Å². The van der Waals surface area contributed by atoms with E-state index in [4.69, 9.17) is 0 Å². The van der Waals surface area contributed by atoms with Crippen molar-refractivity contribution in [1.29, 1.82) is 0 Å². The minimum atomic E-state index is 1.17. The lowest BCUT2D eigenvalue weighted by molar-refractivity contribution is 0.611. The van der Waals surface area contributed by atoms with Crippen molar-refractivity contribution in [1.82, 2.24) is 0 Å². The second-order valence-corrected chi connectivity index (χ2v) is 4.60. The zero-order valence-electron chi connectivity index (χ0n) is 11.2. The van der Waals surface area contributed by atoms with Crippen LogP contribution in [0.1, 0.15) is 77.6 Å². The highest BCUT2D eigenvalue weighted by molar-refractivity contribution is 4.81. The van der Waals surface area contributed by atoms with Crippen molar-refractivity contribution in [2.75, 3.05) is 0 Å². The van der Waals surface area contributed by atoms with Crippen molar-refractivity contribution in [3.63, 3.8) is 0 Å². The van der Waals surface area contributed by atoms with Crippen LogP contribution in [0, 0.1) is 0 Å². The van der Waals surface area contributed by atoms with Gasteiger partial charge >= 0.3 is 0 Å². The van der Waals surface area contributed by atoms with Crippen molar-refractivity contribution in [3.05, 3.63) is 24.8 Å². The average molecular weight is 222 g/mol. The molecule has 0 bridgehead atoms. The van der Waals surface area contributed by atoms with Gasteiger partial charge in [-0.05, 0) is 38.5 Å². The van der Waals surface area contributed by atoms with Gasteiger partial charge in [-0.2, -0.15) is 0 Å². The van der Waals surface area contributed by atoms with Gasteiger partial charge in [0.25, 0.3) is 0 Å². The Morgan fingerprint density at radius 2 is 1.19 bits per heavy atom. The lowest BCUT2D eigenvalue weighted by atomic mass is 10.1. The van der Waals surface area contributed by atoms with E-state index in [-0.39, 0.29) is 0 Å². The molecule has 0 aliphatic rings. The van der Waals surface area contributed by atoms with Crippen LogP contribution in [0.3, 0.4) is 0 Å². The summed E-state index contributed by atoms with van der Waals surface area (Å²) in [6.45, 7) is 6.00. The van der Waals surface area contributed by atoms with Crippen LogP contribution in [0.25, 0.3) is 0 Å². The summed E-state index contributed by atoms with van der Waals surface area (Å²) < 4.78 is 0. The lowest BCUT2D eigenvalue weighted by Crippen LogP contribution is -1.77. The van der Waals surface area contributed by atoms with Crippen LogP contribution in [-0.2, 0) is 0 Å². The molecular weight excluding hydrogens is 192 g/mol. The molecule has 0 rings (SSSR count). The molecular formula is C16H30. The van der Waals surface area contributed by atoms with Crippen LogP contribution in [0.2, 0.25) is 0 Å². The molecule has 0 heterocycles. The molecule has 0 atom stereocenters. The first-order chi connectivity index (χ1) is 7.91. The zero-order chi connectivity index (χ0) is 11.9. The van der Waals surface area contributed by atoms with Crippen molar-refractivity contribution >= 4 is 0 Å². The van der Waals surface area contributed by atoms with Crippen LogP contribution in [-0.4, -0.2) is 0 Å². The molecule has 0 nitrogen and oxygen atoms in total. The summed E-state index contributed by atoms with van der Waals surface area (Å²) in [5, 5.41) is 0. The molecule has 0 spiro atoms. The maximum atomic E-state index is 3.73. The number of rotatable bonds is 12. The fourth-order valence-corrected chi connectivity index (χ4v) is 1.83. The topological polar surface area (TPSA) is 0 Å². The van der Waals surface area contributed by atoms with Crippen LogP contribution in [0.4, 0.5) is 0 Å². The van der Waals surface area contributed by atoms with E-state index in [1.54, 1.807) is 0 Å². The number of hydrogen-bond donors (Lipinski definition) is 0. The van der Waals surface area contributed by atoms with Crippen molar-refractivity contribution in [2.45, 2.75) is 77.6 Å². The Labute approximate surface area is 103 Å². The summed E-state index contributed by atoms with van der Waals surface area (Å²) in [7, 11) is 0. The van der Waals surface area contributed by atoms with E-state index in [1.807, 2.05) is 6.08 Å². The molecule has 0 saturated heterocycles. The van der Waals surface area contributed by atoms with Crippen LogP contribution >= 0.6 is 0 Å². The Morgan fingerprint density at radius 3 is 1.81 bits per heavy atom. The van der Waals surface area contributed by atoms with Gasteiger partial charge in [0.05, 0.1) is 0 Å². The molecule has 0 N–H and O–H groups in total. The third-order valence-corrected chi connectivity index (χ3v) is 2.92. The van der Waals surface area contributed by atoms with Gasteiger partial charge in [0.2, 0.25) is 0 Å². The number of hydrogen-bond acceptors (Lipinski definition) is 0. The van der Waals surface area contributed by atoms with E-state index in [0.717, 1.165) is 0 Å². The Hall–Kier alpha value is -0.520. The Balaban J connectivity index is 3.00. The standard InChI is InChI=1S/C16H30/c1-3-5-7-9-11-13-15-16-14-12-10-8-6-4-2/h3,13,15H,1,4-12,14,16H2,2H3/b15-13+. The first-order valence-electron chi connectivity index (χ1n) is 7.17. The summed E-state index contributed by atoms with van der Waals surface area (Å²) in [5.74, 6) is 0. The van der Waals surface area contributed by atoms with Gasteiger partial charge in [-0.1, -0.05) is 57.3 Å². The molecule has 0 fully saturated rings. The van der Waals surface area contributed by atoms with E-state index in [0.29, 0.717) is 0 Å². The highest BCUT2D eigenvalue weighted by atomic mass is 13.9. The molecule has 0 aromatic carbocycles. The fourth-order valence-electron chi connectivity index (χ4n) is 1.83. The van der Waals surface area contributed by atoms with Crippen LogP contribution in [0.5, 0.6) is 0 Å². The molecule has 0 aliphatic heterocycles. The summed E-state index contributed by atoms with van der Waals surface area (Å²) in [4.78, 5) is 0. The van der Waals surface area contributed by atoms with Gasteiger partial charge in [0.1, 0.15) is 0 Å². The molecule has 0 heteroatoms. The fraction of sp³-hybridized carbons (Fsp3) is 0.750. The smallest absolute Gasteiger partial charge is 0.0351 e.